The average molecular weight is 156 g/mol. The van der Waals surface area contributed by atoms with Crippen molar-refractivity contribution >= 4 is 0 Å². The van der Waals surface area contributed by atoms with Crippen LogP contribution in [0.3, 0.4) is 0 Å². The van der Waals surface area contributed by atoms with Crippen molar-refractivity contribution in [3.05, 3.63) is 0 Å². The van der Waals surface area contributed by atoms with E-state index in [2.05, 4.69) is 31.4 Å². The van der Waals surface area contributed by atoms with E-state index in [1.54, 1.807) is 0 Å². The summed E-state index contributed by atoms with van der Waals surface area (Å²) in [5.41, 5.74) is 0. The van der Waals surface area contributed by atoms with Gasteiger partial charge in [-0.15, -0.1) is 0 Å². The van der Waals surface area contributed by atoms with Crippen molar-refractivity contribution in [1.82, 2.24) is 10.6 Å². The molecule has 0 spiro atoms. The summed E-state index contributed by atoms with van der Waals surface area (Å²) in [5.74, 6) is 0.764. The van der Waals surface area contributed by atoms with E-state index in [1.165, 1.54) is 6.42 Å². The van der Waals surface area contributed by atoms with Gasteiger partial charge in [0, 0.05) is 25.2 Å². The molecule has 0 aliphatic carbocycles. The Bertz CT molecular complexity index is 108. The van der Waals surface area contributed by atoms with E-state index in [0.717, 1.165) is 25.0 Å². The van der Waals surface area contributed by atoms with Crippen LogP contribution in [0.5, 0.6) is 0 Å². The minimum Gasteiger partial charge on any atom is -0.314 e. The van der Waals surface area contributed by atoms with Crippen molar-refractivity contribution in [3.63, 3.8) is 0 Å². The highest BCUT2D eigenvalue weighted by Crippen LogP contribution is 2.07. The largest absolute Gasteiger partial charge is 0.314 e. The van der Waals surface area contributed by atoms with Gasteiger partial charge in [-0.2, -0.15) is 0 Å². The van der Waals surface area contributed by atoms with Crippen molar-refractivity contribution < 1.29 is 0 Å². The number of hydrogen-bond donors (Lipinski definition) is 2. The molecule has 2 nitrogen and oxygen atoms in total. The van der Waals surface area contributed by atoms with Crippen molar-refractivity contribution in [3.8, 4) is 0 Å². The molecule has 66 valence electrons. The summed E-state index contributed by atoms with van der Waals surface area (Å²) in [6.07, 6.45) is 1.24. The normalized spacial score (nSPS) is 21.8. The summed E-state index contributed by atoms with van der Waals surface area (Å²) in [7, 11) is 0. The van der Waals surface area contributed by atoms with E-state index < -0.39 is 0 Å². The molecule has 1 heterocycles. The lowest BCUT2D eigenvalue weighted by molar-refractivity contribution is 0.284. The van der Waals surface area contributed by atoms with Crippen molar-refractivity contribution in [2.75, 3.05) is 13.1 Å². The minimum absolute atomic E-state index is 0.710. The molecule has 1 saturated heterocycles. The van der Waals surface area contributed by atoms with Gasteiger partial charge in [0.25, 0.3) is 0 Å². The second-order valence-corrected chi connectivity index (χ2v) is 3.78. The molecule has 1 aliphatic heterocycles. The van der Waals surface area contributed by atoms with E-state index in [0.29, 0.717) is 6.04 Å². The third-order valence-electron chi connectivity index (χ3n) is 2.48. The van der Waals surface area contributed by atoms with Crippen LogP contribution in [0.1, 0.15) is 27.2 Å². The fourth-order valence-electron chi connectivity index (χ4n) is 1.49. The highest BCUT2D eigenvalue weighted by Gasteiger charge is 2.20. The van der Waals surface area contributed by atoms with E-state index in [1.807, 2.05) is 0 Å². The fourth-order valence-corrected chi connectivity index (χ4v) is 1.49. The zero-order valence-electron chi connectivity index (χ0n) is 7.85. The third-order valence-corrected chi connectivity index (χ3v) is 2.48. The SMILES string of the molecule is CCC(NC1CNC1)C(C)C. The molecule has 1 aliphatic rings. The van der Waals surface area contributed by atoms with Gasteiger partial charge < -0.3 is 10.6 Å². The van der Waals surface area contributed by atoms with Crippen LogP contribution in [0.4, 0.5) is 0 Å². The molecule has 1 fully saturated rings. The minimum atomic E-state index is 0.710. The molecule has 2 N–H and O–H groups in total. The molecule has 0 aromatic carbocycles. The molecule has 1 rings (SSSR count). The van der Waals surface area contributed by atoms with Gasteiger partial charge in [0.1, 0.15) is 0 Å². The first-order chi connectivity index (χ1) is 5.24. The predicted molar refractivity (Wildman–Crippen MR) is 48.7 cm³/mol. The van der Waals surface area contributed by atoms with Crippen molar-refractivity contribution in [2.45, 2.75) is 39.3 Å². The van der Waals surface area contributed by atoms with Crippen molar-refractivity contribution in [2.24, 2.45) is 5.92 Å². The third kappa shape index (κ3) is 2.46. The van der Waals surface area contributed by atoms with Crippen LogP contribution < -0.4 is 10.6 Å². The molecular weight excluding hydrogens is 136 g/mol. The molecule has 1 atom stereocenters. The molecule has 0 aromatic rings. The first-order valence-corrected chi connectivity index (χ1v) is 4.70. The Balaban J connectivity index is 2.19. The molecule has 0 amide bonds. The fraction of sp³-hybridized carbons (Fsp3) is 1.00. The van der Waals surface area contributed by atoms with Gasteiger partial charge in [0.2, 0.25) is 0 Å². The van der Waals surface area contributed by atoms with Gasteiger partial charge in [0.05, 0.1) is 0 Å². The van der Waals surface area contributed by atoms with Crippen molar-refractivity contribution in [1.29, 1.82) is 0 Å². The number of rotatable bonds is 4. The van der Waals surface area contributed by atoms with Gasteiger partial charge in [0.15, 0.2) is 0 Å². The van der Waals surface area contributed by atoms with Gasteiger partial charge >= 0.3 is 0 Å². The Morgan fingerprint density at radius 2 is 2.09 bits per heavy atom. The highest BCUT2D eigenvalue weighted by atomic mass is 15.1. The highest BCUT2D eigenvalue weighted by molar-refractivity contribution is 4.85. The van der Waals surface area contributed by atoms with Crippen LogP contribution in [-0.4, -0.2) is 25.2 Å². The quantitative estimate of drug-likeness (QED) is 0.634. The molecule has 1 unspecified atom stereocenters. The predicted octanol–water partition coefficient (Wildman–Crippen LogP) is 0.982. The summed E-state index contributed by atoms with van der Waals surface area (Å²) in [4.78, 5) is 0. The lowest BCUT2D eigenvalue weighted by atomic mass is 9.99. The van der Waals surface area contributed by atoms with Crippen LogP contribution in [0.25, 0.3) is 0 Å². The van der Waals surface area contributed by atoms with Gasteiger partial charge in [-0.05, 0) is 12.3 Å². The van der Waals surface area contributed by atoms with Crippen LogP contribution >= 0.6 is 0 Å². The Labute approximate surface area is 69.8 Å². The molecule has 0 saturated carbocycles. The molecule has 0 aromatic heterocycles. The Morgan fingerprint density at radius 1 is 1.45 bits per heavy atom. The Hall–Kier alpha value is -0.0800. The zero-order chi connectivity index (χ0) is 8.27. The van der Waals surface area contributed by atoms with Gasteiger partial charge in [-0.25, -0.2) is 0 Å². The summed E-state index contributed by atoms with van der Waals surface area (Å²) in [6, 6.07) is 1.45. The standard InChI is InChI=1S/C9H20N2/c1-4-9(7(2)3)11-8-5-10-6-8/h7-11H,4-6H2,1-3H3. The van der Waals surface area contributed by atoms with Crippen LogP contribution in [0.15, 0.2) is 0 Å². The maximum atomic E-state index is 3.64. The molecule has 0 radical (unpaired) electrons. The maximum Gasteiger partial charge on any atom is 0.0320 e. The number of hydrogen-bond acceptors (Lipinski definition) is 2. The average Bonchev–Trinajstić information content (AvgIpc) is 1.85. The molecule has 2 heteroatoms. The first kappa shape index (κ1) is 9.01. The molecular formula is C9H20N2. The summed E-state index contributed by atoms with van der Waals surface area (Å²) < 4.78 is 0. The van der Waals surface area contributed by atoms with Gasteiger partial charge in [-0.1, -0.05) is 20.8 Å². The lowest BCUT2D eigenvalue weighted by Gasteiger charge is -2.33. The summed E-state index contributed by atoms with van der Waals surface area (Å²) in [6.45, 7) is 9.14. The van der Waals surface area contributed by atoms with E-state index in [9.17, 15) is 0 Å². The van der Waals surface area contributed by atoms with E-state index >= 15 is 0 Å². The Morgan fingerprint density at radius 3 is 2.36 bits per heavy atom. The topological polar surface area (TPSA) is 24.1 Å². The van der Waals surface area contributed by atoms with Crippen LogP contribution in [0.2, 0.25) is 0 Å². The second kappa shape index (κ2) is 4.07. The second-order valence-electron chi connectivity index (χ2n) is 3.78. The summed E-state index contributed by atoms with van der Waals surface area (Å²) >= 11 is 0. The smallest absolute Gasteiger partial charge is 0.0320 e. The molecule has 0 bridgehead atoms. The summed E-state index contributed by atoms with van der Waals surface area (Å²) in [5, 5.41) is 6.91. The zero-order valence-corrected chi connectivity index (χ0v) is 7.85. The Kier molecular flexibility index (Phi) is 3.34. The van der Waals surface area contributed by atoms with E-state index in [4.69, 9.17) is 0 Å². The number of nitrogens with one attached hydrogen (secondary N) is 2. The van der Waals surface area contributed by atoms with Crippen LogP contribution in [-0.2, 0) is 0 Å². The first-order valence-electron chi connectivity index (χ1n) is 4.70. The monoisotopic (exact) mass is 156 g/mol. The maximum absolute atomic E-state index is 3.64. The lowest BCUT2D eigenvalue weighted by Crippen LogP contribution is -2.58. The van der Waals surface area contributed by atoms with E-state index in [-0.39, 0.29) is 0 Å². The van der Waals surface area contributed by atoms with Crippen LogP contribution in [0, 0.1) is 5.92 Å². The van der Waals surface area contributed by atoms with Gasteiger partial charge in [-0.3, -0.25) is 0 Å². The molecule has 11 heavy (non-hydrogen) atoms.